The molecule has 0 saturated heterocycles. The van der Waals surface area contributed by atoms with Crippen molar-refractivity contribution in [2.45, 2.75) is 25.8 Å². The van der Waals surface area contributed by atoms with Gasteiger partial charge in [-0.25, -0.2) is 0 Å². The van der Waals surface area contributed by atoms with E-state index in [1.165, 1.54) is 0 Å². The van der Waals surface area contributed by atoms with E-state index < -0.39 is 0 Å². The zero-order chi connectivity index (χ0) is 11.4. The second-order valence-corrected chi connectivity index (χ2v) is 3.75. The third-order valence-corrected chi connectivity index (χ3v) is 2.44. The number of nitrogens with zero attached hydrogens (tertiary/aromatic N) is 3. The molecule has 0 aliphatic heterocycles. The molecule has 1 fully saturated rings. The van der Waals surface area contributed by atoms with Gasteiger partial charge >= 0.3 is 5.97 Å². The van der Waals surface area contributed by atoms with Crippen LogP contribution in [-0.2, 0) is 9.53 Å². The van der Waals surface area contributed by atoms with Crippen LogP contribution >= 0.6 is 0 Å². The van der Waals surface area contributed by atoms with Crippen molar-refractivity contribution in [3.05, 3.63) is 18.3 Å². The Morgan fingerprint density at radius 1 is 1.62 bits per heavy atom. The van der Waals surface area contributed by atoms with E-state index in [1.807, 2.05) is 24.0 Å². The van der Waals surface area contributed by atoms with E-state index in [4.69, 9.17) is 4.74 Å². The molecule has 0 unspecified atom stereocenters. The quantitative estimate of drug-likeness (QED) is 0.694. The van der Waals surface area contributed by atoms with Gasteiger partial charge in [-0.3, -0.25) is 4.79 Å². The van der Waals surface area contributed by atoms with Crippen molar-refractivity contribution < 1.29 is 9.53 Å². The molecule has 5 heteroatoms. The summed E-state index contributed by atoms with van der Waals surface area (Å²) in [6, 6.07) is 4.11. The Labute approximate surface area is 94.4 Å². The minimum atomic E-state index is -0.208. The van der Waals surface area contributed by atoms with E-state index in [0.29, 0.717) is 12.6 Å². The molecule has 5 nitrogen and oxygen atoms in total. The minimum Gasteiger partial charge on any atom is -0.465 e. The fourth-order valence-electron chi connectivity index (χ4n) is 1.58. The Bertz CT molecular complexity index is 352. The Morgan fingerprint density at radius 3 is 3.00 bits per heavy atom. The SMILES string of the molecule is CCOC(=O)CN(c1cccnn1)C1CC1. The van der Waals surface area contributed by atoms with Gasteiger partial charge in [0.2, 0.25) is 0 Å². The predicted molar refractivity (Wildman–Crippen MR) is 59.0 cm³/mol. The van der Waals surface area contributed by atoms with Crippen molar-refractivity contribution in [3.63, 3.8) is 0 Å². The van der Waals surface area contributed by atoms with Crippen molar-refractivity contribution in [2.24, 2.45) is 0 Å². The molecule has 0 N–H and O–H groups in total. The number of aromatic nitrogens is 2. The van der Waals surface area contributed by atoms with Gasteiger partial charge in [-0.05, 0) is 31.9 Å². The Morgan fingerprint density at radius 2 is 2.44 bits per heavy atom. The van der Waals surface area contributed by atoms with Gasteiger partial charge in [0.15, 0.2) is 5.82 Å². The standard InChI is InChI=1S/C11H15N3O2/c1-2-16-11(15)8-14(9-5-6-9)10-4-3-7-12-13-10/h3-4,7,9H,2,5-6,8H2,1H3. The Kier molecular flexibility index (Phi) is 3.34. The summed E-state index contributed by atoms with van der Waals surface area (Å²) in [6.45, 7) is 2.48. The lowest BCUT2D eigenvalue weighted by Gasteiger charge is -2.21. The zero-order valence-electron chi connectivity index (χ0n) is 9.30. The van der Waals surface area contributed by atoms with Crippen LogP contribution < -0.4 is 4.90 Å². The summed E-state index contributed by atoms with van der Waals surface area (Å²) in [5.41, 5.74) is 0. The van der Waals surface area contributed by atoms with Gasteiger partial charge in [0.25, 0.3) is 0 Å². The molecular weight excluding hydrogens is 206 g/mol. The number of anilines is 1. The van der Waals surface area contributed by atoms with E-state index in [2.05, 4.69) is 10.2 Å². The second-order valence-electron chi connectivity index (χ2n) is 3.75. The molecule has 1 heterocycles. The van der Waals surface area contributed by atoms with Crippen LogP contribution in [0.4, 0.5) is 5.82 Å². The third kappa shape index (κ3) is 2.68. The fourth-order valence-corrected chi connectivity index (χ4v) is 1.58. The predicted octanol–water partition coefficient (Wildman–Crippen LogP) is 1.01. The van der Waals surface area contributed by atoms with Crippen LogP contribution in [-0.4, -0.2) is 35.4 Å². The number of carbonyl (C=O) groups is 1. The molecule has 1 aliphatic rings. The van der Waals surface area contributed by atoms with Crippen molar-refractivity contribution in [1.29, 1.82) is 0 Å². The number of esters is 1. The van der Waals surface area contributed by atoms with Gasteiger partial charge in [-0.1, -0.05) is 0 Å². The maximum Gasteiger partial charge on any atom is 0.325 e. The van der Waals surface area contributed by atoms with Gasteiger partial charge in [0.05, 0.1) is 6.61 Å². The van der Waals surface area contributed by atoms with Crippen molar-refractivity contribution in [1.82, 2.24) is 10.2 Å². The van der Waals surface area contributed by atoms with Crippen LogP contribution in [0, 0.1) is 0 Å². The van der Waals surface area contributed by atoms with Crippen LogP contribution in [0.5, 0.6) is 0 Å². The fraction of sp³-hybridized carbons (Fsp3) is 0.545. The Balaban J connectivity index is 2.03. The molecule has 0 atom stereocenters. The van der Waals surface area contributed by atoms with Crippen molar-refractivity contribution in [3.8, 4) is 0 Å². The van der Waals surface area contributed by atoms with Crippen LogP contribution in [0.3, 0.4) is 0 Å². The van der Waals surface area contributed by atoms with Gasteiger partial charge in [0, 0.05) is 12.2 Å². The molecular formula is C11H15N3O2. The maximum atomic E-state index is 11.4. The number of hydrogen-bond donors (Lipinski definition) is 0. The normalized spacial score (nSPS) is 14.6. The first-order chi connectivity index (χ1) is 7.81. The number of ether oxygens (including phenoxy) is 1. The molecule has 86 valence electrons. The molecule has 0 spiro atoms. The molecule has 1 aromatic rings. The summed E-state index contributed by atoms with van der Waals surface area (Å²) in [7, 11) is 0. The van der Waals surface area contributed by atoms with Gasteiger partial charge in [-0.2, -0.15) is 5.10 Å². The van der Waals surface area contributed by atoms with Gasteiger partial charge in [0.1, 0.15) is 6.54 Å². The summed E-state index contributed by atoms with van der Waals surface area (Å²) < 4.78 is 4.94. The van der Waals surface area contributed by atoms with Crippen LogP contribution in [0.1, 0.15) is 19.8 Å². The highest BCUT2D eigenvalue weighted by Crippen LogP contribution is 2.29. The third-order valence-electron chi connectivity index (χ3n) is 2.44. The van der Waals surface area contributed by atoms with E-state index in [1.54, 1.807) is 6.20 Å². The number of hydrogen-bond acceptors (Lipinski definition) is 5. The monoisotopic (exact) mass is 221 g/mol. The van der Waals surface area contributed by atoms with Gasteiger partial charge in [-0.15, -0.1) is 5.10 Å². The highest BCUT2D eigenvalue weighted by Gasteiger charge is 2.31. The molecule has 1 aromatic heterocycles. The average Bonchev–Trinajstić information content (AvgIpc) is 3.11. The van der Waals surface area contributed by atoms with Crippen molar-refractivity contribution in [2.75, 3.05) is 18.1 Å². The topological polar surface area (TPSA) is 55.3 Å². The first-order valence-corrected chi connectivity index (χ1v) is 5.51. The molecule has 0 amide bonds. The second kappa shape index (κ2) is 4.92. The summed E-state index contributed by atoms with van der Waals surface area (Å²) in [4.78, 5) is 13.4. The Hall–Kier alpha value is -1.65. The number of carbonyl (C=O) groups excluding carboxylic acids is 1. The molecule has 0 bridgehead atoms. The molecule has 0 aromatic carbocycles. The lowest BCUT2D eigenvalue weighted by atomic mass is 10.4. The lowest BCUT2D eigenvalue weighted by Crippen LogP contribution is -2.33. The van der Waals surface area contributed by atoms with E-state index >= 15 is 0 Å². The molecule has 1 aliphatic carbocycles. The zero-order valence-corrected chi connectivity index (χ0v) is 9.30. The van der Waals surface area contributed by atoms with E-state index in [9.17, 15) is 4.79 Å². The first-order valence-electron chi connectivity index (χ1n) is 5.51. The van der Waals surface area contributed by atoms with E-state index in [-0.39, 0.29) is 12.5 Å². The minimum absolute atomic E-state index is 0.208. The van der Waals surface area contributed by atoms with Crippen LogP contribution in [0.2, 0.25) is 0 Å². The highest BCUT2D eigenvalue weighted by atomic mass is 16.5. The van der Waals surface area contributed by atoms with E-state index in [0.717, 1.165) is 18.7 Å². The summed E-state index contributed by atoms with van der Waals surface area (Å²) in [6.07, 6.45) is 3.84. The first kappa shape index (κ1) is 10.9. The molecule has 0 radical (unpaired) electrons. The largest absolute Gasteiger partial charge is 0.465 e. The smallest absolute Gasteiger partial charge is 0.325 e. The van der Waals surface area contributed by atoms with Crippen LogP contribution in [0.25, 0.3) is 0 Å². The molecule has 2 rings (SSSR count). The summed E-state index contributed by atoms with van der Waals surface area (Å²) in [5, 5.41) is 7.85. The lowest BCUT2D eigenvalue weighted by molar-refractivity contribution is -0.141. The molecule has 1 saturated carbocycles. The molecule has 16 heavy (non-hydrogen) atoms. The highest BCUT2D eigenvalue weighted by molar-refractivity contribution is 5.75. The van der Waals surface area contributed by atoms with Crippen molar-refractivity contribution >= 4 is 11.8 Å². The average molecular weight is 221 g/mol. The maximum absolute atomic E-state index is 11.4. The summed E-state index contributed by atoms with van der Waals surface area (Å²) >= 11 is 0. The number of rotatable bonds is 5. The summed E-state index contributed by atoms with van der Waals surface area (Å²) in [5.74, 6) is 0.540. The van der Waals surface area contributed by atoms with Crippen LogP contribution in [0.15, 0.2) is 18.3 Å². The van der Waals surface area contributed by atoms with Gasteiger partial charge < -0.3 is 9.64 Å².